The van der Waals surface area contributed by atoms with Crippen LogP contribution in [0.5, 0.6) is 5.75 Å². The predicted molar refractivity (Wildman–Crippen MR) is 32.2 cm³/mol. The van der Waals surface area contributed by atoms with E-state index in [0.717, 1.165) is 0 Å². The minimum Gasteiger partial charge on any atom is -0.484 e. The van der Waals surface area contributed by atoms with Gasteiger partial charge in [-0.25, -0.2) is 13.2 Å². The van der Waals surface area contributed by atoms with Gasteiger partial charge in [-0.05, 0) is 0 Å². The summed E-state index contributed by atoms with van der Waals surface area (Å²) >= 11 is 0. The number of benzene rings is 1. The first-order valence-electron chi connectivity index (χ1n) is 2.94. The Kier molecular flexibility index (Phi) is 2.40. The molecule has 6 heteroatoms. The predicted octanol–water partition coefficient (Wildman–Crippen LogP) is 2.55. The highest BCUT2D eigenvalue weighted by Crippen LogP contribution is 2.28. The highest BCUT2D eigenvalue weighted by molar-refractivity contribution is 5.29. The molecule has 1 rings (SSSR count). The Morgan fingerprint density at radius 2 is 1.00 bits per heavy atom. The number of hydrogen-bond acceptors (Lipinski definition) is 1. The summed E-state index contributed by atoms with van der Waals surface area (Å²) in [6, 6.07) is 0. The molecule has 1 nitrogen and oxygen atoms in total. The topological polar surface area (TPSA) is 9.23 Å². The van der Waals surface area contributed by atoms with Crippen molar-refractivity contribution in [1.29, 1.82) is 0 Å². The van der Waals surface area contributed by atoms with Crippen LogP contribution in [0.2, 0.25) is 0 Å². The van der Waals surface area contributed by atoms with E-state index in [2.05, 4.69) is 11.8 Å². The summed E-state index contributed by atoms with van der Waals surface area (Å²) in [6.07, 6.45) is 0. The van der Waals surface area contributed by atoms with Crippen molar-refractivity contribution in [1.82, 2.24) is 0 Å². The lowest BCUT2D eigenvalue weighted by molar-refractivity contribution is 0.329. The van der Waals surface area contributed by atoms with Crippen LogP contribution in [0.4, 0.5) is 22.0 Å². The van der Waals surface area contributed by atoms with Crippen molar-refractivity contribution >= 4 is 0 Å². The Labute approximate surface area is 69.7 Å². The molecule has 0 aliphatic heterocycles. The molecule has 0 atom stereocenters. The molecule has 0 amide bonds. The van der Waals surface area contributed by atoms with E-state index >= 15 is 0 Å². The molecule has 71 valence electrons. The van der Waals surface area contributed by atoms with Gasteiger partial charge in [0.05, 0.1) is 0 Å². The summed E-state index contributed by atoms with van der Waals surface area (Å²) < 4.78 is 65.8. The highest BCUT2D eigenvalue weighted by atomic mass is 19.2. The first kappa shape index (κ1) is 9.76. The van der Waals surface area contributed by atoms with E-state index in [-0.39, 0.29) is 0 Å². The van der Waals surface area contributed by atoms with Crippen molar-refractivity contribution in [3.8, 4) is 5.75 Å². The van der Waals surface area contributed by atoms with E-state index < -0.39 is 34.8 Å². The molecule has 0 fully saturated rings. The van der Waals surface area contributed by atoms with E-state index in [1.54, 1.807) is 0 Å². The summed E-state index contributed by atoms with van der Waals surface area (Å²) in [6.45, 7) is 0. The average Bonchev–Trinajstić information content (AvgIpc) is 2.13. The lowest BCUT2D eigenvalue weighted by Crippen LogP contribution is -2.03. The molecular formula is C7H2F5O. The van der Waals surface area contributed by atoms with Gasteiger partial charge in [0.25, 0.3) is 0 Å². The van der Waals surface area contributed by atoms with Crippen molar-refractivity contribution < 1.29 is 26.7 Å². The Morgan fingerprint density at radius 3 is 1.31 bits per heavy atom. The van der Waals surface area contributed by atoms with Gasteiger partial charge < -0.3 is 4.74 Å². The minimum atomic E-state index is -2.23. The third-order valence-corrected chi connectivity index (χ3v) is 1.31. The zero-order valence-electron chi connectivity index (χ0n) is 6.01. The molecular weight excluding hydrogens is 195 g/mol. The highest BCUT2D eigenvalue weighted by Gasteiger charge is 2.26. The van der Waals surface area contributed by atoms with Crippen molar-refractivity contribution in [2.45, 2.75) is 0 Å². The molecule has 1 aromatic carbocycles. The largest absolute Gasteiger partial charge is 0.484 e. The van der Waals surface area contributed by atoms with Crippen LogP contribution in [-0.4, -0.2) is 0 Å². The molecule has 1 aromatic rings. The summed E-state index contributed by atoms with van der Waals surface area (Å²) in [5, 5.41) is 0. The van der Waals surface area contributed by atoms with Crippen LogP contribution < -0.4 is 4.74 Å². The molecule has 0 aliphatic carbocycles. The second kappa shape index (κ2) is 3.20. The fourth-order valence-corrected chi connectivity index (χ4v) is 0.711. The van der Waals surface area contributed by atoms with Crippen LogP contribution in [0.15, 0.2) is 0 Å². The second-order valence-electron chi connectivity index (χ2n) is 2.04. The number of hydrogen-bond donors (Lipinski definition) is 0. The fourth-order valence-electron chi connectivity index (χ4n) is 0.711. The fraction of sp³-hybridized carbons (Fsp3) is 0. The first-order valence-corrected chi connectivity index (χ1v) is 2.94. The van der Waals surface area contributed by atoms with Crippen LogP contribution in [0, 0.1) is 36.2 Å². The zero-order valence-corrected chi connectivity index (χ0v) is 6.01. The molecule has 1 radical (unpaired) electrons. The van der Waals surface area contributed by atoms with Crippen molar-refractivity contribution in [3.63, 3.8) is 0 Å². The molecule has 0 spiro atoms. The van der Waals surface area contributed by atoms with Gasteiger partial charge in [0.15, 0.2) is 5.75 Å². The maximum absolute atomic E-state index is 12.5. The van der Waals surface area contributed by atoms with Crippen molar-refractivity contribution in [2.24, 2.45) is 0 Å². The summed E-state index contributed by atoms with van der Waals surface area (Å²) in [4.78, 5) is 0. The number of ether oxygens (including phenoxy) is 1. The van der Waals surface area contributed by atoms with Gasteiger partial charge in [-0.1, -0.05) is 0 Å². The van der Waals surface area contributed by atoms with Gasteiger partial charge >= 0.3 is 0 Å². The summed E-state index contributed by atoms with van der Waals surface area (Å²) in [7, 11) is 2.55. The quantitative estimate of drug-likeness (QED) is 0.382. The Bertz CT molecular complexity index is 320. The van der Waals surface area contributed by atoms with E-state index in [0.29, 0.717) is 0 Å². The molecule has 0 saturated heterocycles. The van der Waals surface area contributed by atoms with Crippen LogP contribution in [-0.2, 0) is 0 Å². The number of rotatable bonds is 1. The molecule has 0 bridgehead atoms. The van der Waals surface area contributed by atoms with Gasteiger partial charge in [-0.3, -0.25) is 0 Å². The van der Waals surface area contributed by atoms with E-state index in [1.807, 2.05) is 0 Å². The normalized spacial score (nSPS) is 10.3. The van der Waals surface area contributed by atoms with Gasteiger partial charge in [0.1, 0.15) is 7.11 Å². The zero-order chi connectivity index (χ0) is 10.2. The summed E-state index contributed by atoms with van der Waals surface area (Å²) in [5.74, 6) is -11.8. The standard InChI is InChI=1S/C7H2F5O/c1-13-7-5(11)3(9)2(8)4(10)6(7)12/h1H2. The Morgan fingerprint density at radius 1 is 0.692 bits per heavy atom. The third-order valence-electron chi connectivity index (χ3n) is 1.31. The van der Waals surface area contributed by atoms with Crippen LogP contribution >= 0.6 is 0 Å². The molecule has 0 saturated carbocycles. The lowest BCUT2D eigenvalue weighted by atomic mass is 10.3. The average molecular weight is 197 g/mol. The van der Waals surface area contributed by atoms with Crippen LogP contribution in [0.3, 0.4) is 0 Å². The van der Waals surface area contributed by atoms with E-state index in [9.17, 15) is 22.0 Å². The minimum absolute atomic E-state index is 1.39. The van der Waals surface area contributed by atoms with E-state index in [1.165, 1.54) is 0 Å². The molecule has 0 aromatic heterocycles. The Hall–Kier alpha value is -1.33. The van der Waals surface area contributed by atoms with Gasteiger partial charge in [0.2, 0.25) is 29.1 Å². The molecule has 0 heterocycles. The molecule has 13 heavy (non-hydrogen) atoms. The third kappa shape index (κ3) is 1.32. The van der Waals surface area contributed by atoms with Crippen LogP contribution in [0.1, 0.15) is 0 Å². The monoisotopic (exact) mass is 197 g/mol. The van der Waals surface area contributed by atoms with Gasteiger partial charge in [-0.2, -0.15) is 8.78 Å². The van der Waals surface area contributed by atoms with E-state index in [4.69, 9.17) is 0 Å². The molecule has 0 N–H and O–H groups in total. The summed E-state index contributed by atoms with van der Waals surface area (Å²) in [5.41, 5.74) is 0. The van der Waals surface area contributed by atoms with Gasteiger partial charge in [-0.15, -0.1) is 0 Å². The second-order valence-corrected chi connectivity index (χ2v) is 2.04. The van der Waals surface area contributed by atoms with Gasteiger partial charge in [0, 0.05) is 0 Å². The SMILES string of the molecule is [CH2]Oc1c(F)c(F)c(F)c(F)c1F. The maximum Gasteiger partial charge on any atom is 0.206 e. The van der Waals surface area contributed by atoms with Crippen molar-refractivity contribution in [3.05, 3.63) is 36.2 Å². The smallest absolute Gasteiger partial charge is 0.206 e. The maximum atomic E-state index is 12.5. The first-order chi connectivity index (χ1) is 6.00. The molecule has 0 unspecified atom stereocenters. The lowest BCUT2D eigenvalue weighted by Gasteiger charge is -2.05. The number of halogens is 5. The van der Waals surface area contributed by atoms with Crippen molar-refractivity contribution in [2.75, 3.05) is 0 Å². The van der Waals surface area contributed by atoms with Crippen LogP contribution in [0.25, 0.3) is 0 Å². The Balaban J connectivity index is 3.56. The molecule has 0 aliphatic rings.